The van der Waals surface area contributed by atoms with E-state index in [2.05, 4.69) is 40.8 Å². The number of nitrogens with zero attached hydrogens (tertiary/aromatic N) is 9. The Morgan fingerprint density at radius 3 is 2.79 bits per heavy atom. The molecule has 0 aliphatic rings. The van der Waals surface area contributed by atoms with Gasteiger partial charge in [0.25, 0.3) is 0 Å². The molecule has 0 amide bonds. The van der Waals surface area contributed by atoms with Gasteiger partial charge in [0, 0.05) is 35.8 Å². The topological polar surface area (TPSA) is 138 Å². The number of nitrogens with one attached hydrogen (secondary N) is 1. The van der Waals surface area contributed by atoms with Crippen molar-refractivity contribution in [1.82, 2.24) is 49.9 Å². The first-order chi connectivity index (χ1) is 16.2. The minimum atomic E-state index is 0.169. The first-order valence-corrected chi connectivity index (χ1v) is 10.3. The predicted octanol–water partition coefficient (Wildman–Crippen LogP) is 2.82. The van der Waals surface area contributed by atoms with Crippen LogP contribution in [0.5, 0.6) is 5.88 Å². The summed E-state index contributed by atoms with van der Waals surface area (Å²) in [5.41, 5.74) is 2.47. The Balaban J connectivity index is 1.42. The van der Waals surface area contributed by atoms with E-state index < -0.39 is 0 Å². The van der Waals surface area contributed by atoms with Crippen LogP contribution in [0.15, 0.2) is 47.2 Å². The van der Waals surface area contributed by atoms with Gasteiger partial charge in [-0.2, -0.15) is 4.52 Å². The molecule has 33 heavy (non-hydrogen) atoms. The number of benzene rings is 1. The average molecular weight is 442 g/mol. The van der Waals surface area contributed by atoms with Crippen molar-refractivity contribution in [1.29, 1.82) is 0 Å². The Morgan fingerprint density at radius 1 is 1.09 bits per heavy atom. The summed E-state index contributed by atoms with van der Waals surface area (Å²) in [5.74, 6) is 2.27. The van der Waals surface area contributed by atoms with Gasteiger partial charge >= 0.3 is 0 Å². The lowest BCUT2D eigenvalue weighted by atomic mass is 10.2. The van der Waals surface area contributed by atoms with Gasteiger partial charge in [-0.15, -0.1) is 20.4 Å². The molecule has 0 radical (unpaired) electrons. The third-order valence-corrected chi connectivity index (χ3v) is 5.33. The van der Waals surface area contributed by atoms with Gasteiger partial charge in [0.2, 0.25) is 11.7 Å². The normalized spacial score (nSPS) is 11.6. The smallest absolute Gasteiger partial charge is 0.240 e. The number of aromatic nitrogens is 10. The number of rotatable bonds is 6. The highest BCUT2D eigenvalue weighted by Gasteiger charge is 2.20. The number of aryl methyl sites for hydroxylation is 2. The van der Waals surface area contributed by atoms with E-state index in [1.54, 1.807) is 16.8 Å². The van der Waals surface area contributed by atoms with Gasteiger partial charge < -0.3 is 13.8 Å². The molecular weight excluding hydrogens is 424 g/mol. The minimum absolute atomic E-state index is 0.169. The summed E-state index contributed by atoms with van der Waals surface area (Å²) in [6.07, 6.45) is 3.64. The van der Waals surface area contributed by atoms with Crippen LogP contribution < -0.4 is 4.74 Å². The summed E-state index contributed by atoms with van der Waals surface area (Å²) >= 11 is 0. The molecule has 0 spiro atoms. The van der Waals surface area contributed by atoms with Crippen LogP contribution in [0.2, 0.25) is 0 Å². The lowest BCUT2D eigenvalue weighted by Crippen LogP contribution is -2.05. The van der Waals surface area contributed by atoms with Crippen molar-refractivity contribution in [2.45, 2.75) is 27.0 Å². The maximum absolute atomic E-state index is 6.17. The Hall–Kier alpha value is -4.61. The number of ether oxygens (including phenoxy) is 1. The highest BCUT2D eigenvalue weighted by Crippen LogP contribution is 2.29. The maximum Gasteiger partial charge on any atom is 0.240 e. The molecule has 12 heteroatoms. The van der Waals surface area contributed by atoms with Crippen LogP contribution in [0.3, 0.4) is 0 Å². The van der Waals surface area contributed by atoms with Gasteiger partial charge in [0.05, 0.1) is 0 Å². The molecule has 1 N–H and O–H groups in total. The second-order valence-corrected chi connectivity index (χ2v) is 7.40. The standard InChI is InChI=1S/C21H18N10O2/c1-3-30-9-8-22-20(30)17-16(23-29-24-17)11-32-21-14-7-5-4-6-13(14)18-25-26-19(31(18)27-21)15-10-12(2)33-28-15/h4-10H,3,11H2,1-2H3,(H,23,24,29). The van der Waals surface area contributed by atoms with Crippen molar-refractivity contribution < 1.29 is 9.26 Å². The molecule has 6 aromatic rings. The molecule has 12 nitrogen and oxygen atoms in total. The molecule has 0 aliphatic carbocycles. The van der Waals surface area contributed by atoms with Crippen LogP contribution in [0.25, 0.3) is 39.5 Å². The Bertz CT molecular complexity index is 1590. The monoisotopic (exact) mass is 442 g/mol. The summed E-state index contributed by atoms with van der Waals surface area (Å²) in [6, 6.07) is 9.52. The van der Waals surface area contributed by atoms with Gasteiger partial charge in [-0.05, 0) is 19.9 Å². The molecule has 0 atom stereocenters. The Morgan fingerprint density at radius 2 is 1.97 bits per heavy atom. The van der Waals surface area contributed by atoms with E-state index in [0.717, 1.165) is 23.1 Å². The number of imidazole rings is 1. The largest absolute Gasteiger partial charge is 0.470 e. The fourth-order valence-electron chi connectivity index (χ4n) is 3.74. The lowest BCUT2D eigenvalue weighted by molar-refractivity contribution is 0.289. The fourth-order valence-corrected chi connectivity index (χ4v) is 3.74. The zero-order valence-corrected chi connectivity index (χ0v) is 17.8. The van der Waals surface area contributed by atoms with Gasteiger partial charge in [0.1, 0.15) is 18.1 Å². The van der Waals surface area contributed by atoms with Crippen LogP contribution in [-0.2, 0) is 13.2 Å². The fraction of sp³-hybridized carbons (Fsp3) is 0.190. The number of hydrogen-bond donors (Lipinski definition) is 1. The first kappa shape index (κ1) is 19.1. The molecule has 1 aromatic carbocycles. The highest BCUT2D eigenvalue weighted by molar-refractivity contribution is 5.96. The molecular formula is C21H18N10O2. The van der Waals surface area contributed by atoms with Gasteiger partial charge in [0.15, 0.2) is 22.9 Å². The van der Waals surface area contributed by atoms with Crippen LogP contribution in [0.1, 0.15) is 18.4 Å². The van der Waals surface area contributed by atoms with Crippen molar-refractivity contribution in [3.8, 4) is 28.9 Å². The predicted molar refractivity (Wildman–Crippen MR) is 116 cm³/mol. The van der Waals surface area contributed by atoms with E-state index in [0.29, 0.717) is 40.2 Å². The zero-order valence-electron chi connectivity index (χ0n) is 17.8. The minimum Gasteiger partial charge on any atom is -0.470 e. The summed E-state index contributed by atoms with van der Waals surface area (Å²) < 4.78 is 15.0. The molecule has 6 rings (SSSR count). The van der Waals surface area contributed by atoms with E-state index in [1.807, 2.05) is 48.9 Å². The lowest BCUT2D eigenvalue weighted by Gasteiger charge is -2.10. The molecule has 0 saturated carbocycles. The van der Waals surface area contributed by atoms with Gasteiger partial charge in [-0.1, -0.05) is 28.6 Å². The van der Waals surface area contributed by atoms with E-state index in [9.17, 15) is 0 Å². The number of fused-ring (bicyclic) bond motifs is 3. The summed E-state index contributed by atoms with van der Waals surface area (Å²) in [7, 11) is 0. The first-order valence-electron chi connectivity index (χ1n) is 10.3. The van der Waals surface area contributed by atoms with Gasteiger partial charge in [-0.25, -0.2) is 4.98 Å². The molecule has 5 heterocycles. The van der Waals surface area contributed by atoms with Crippen LogP contribution in [0, 0.1) is 6.92 Å². The third-order valence-electron chi connectivity index (χ3n) is 5.33. The zero-order chi connectivity index (χ0) is 22.4. The van der Waals surface area contributed by atoms with Crippen molar-refractivity contribution in [3.05, 3.63) is 54.2 Å². The van der Waals surface area contributed by atoms with Crippen LogP contribution in [-0.4, -0.2) is 49.9 Å². The second kappa shape index (κ2) is 7.51. The van der Waals surface area contributed by atoms with E-state index in [1.165, 1.54) is 0 Å². The summed E-state index contributed by atoms with van der Waals surface area (Å²) in [6.45, 7) is 4.79. The molecule has 164 valence electrons. The Kier molecular flexibility index (Phi) is 4.35. The number of H-pyrrole nitrogens is 1. The summed E-state index contributed by atoms with van der Waals surface area (Å²) in [4.78, 5) is 4.41. The second-order valence-electron chi connectivity index (χ2n) is 7.40. The van der Waals surface area contributed by atoms with Crippen molar-refractivity contribution in [2.24, 2.45) is 0 Å². The molecule has 0 aliphatic heterocycles. The SMILES string of the molecule is CCn1ccnc1-c1nn[nH]c1COc1nn2c(-c3cc(C)on3)nnc2c2ccccc12. The van der Waals surface area contributed by atoms with E-state index in [4.69, 9.17) is 9.26 Å². The average Bonchev–Trinajstić information content (AvgIpc) is 3.63. The molecule has 0 fully saturated rings. The van der Waals surface area contributed by atoms with E-state index in [-0.39, 0.29) is 6.61 Å². The van der Waals surface area contributed by atoms with Crippen LogP contribution in [0.4, 0.5) is 0 Å². The molecule has 0 unspecified atom stereocenters. The summed E-state index contributed by atoms with van der Waals surface area (Å²) in [5, 5.41) is 30.1. The van der Waals surface area contributed by atoms with Crippen molar-refractivity contribution >= 4 is 16.4 Å². The van der Waals surface area contributed by atoms with Crippen molar-refractivity contribution in [3.63, 3.8) is 0 Å². The van der Waals surface area contributed by atoms with Crippen LogP contribution >= 0.6 is 0 Å². The number of hydrogen-bond acceptors (Lipinski definition) is 9. The third kappa shape index (κ3) is 3.11. The highest BCUT2D eigenvalue weighted by atomic mass is 16.5. The molecule has 0 bridgehead atoms. The van der Waals surface area contributed by atoms with Gasteiger partial charge in [-0.3, -0.25) is 5.10 Å². The van der Waals surface area contributed by atoms with E-state index >= 15 is 0 Å². The maximum atomic E-state index is 6.17. The Labute approximate surface area is 186 Å². The quantitative estimate of drug-likeness (QED) is 0.412. The molecule has 5 aromatic heterocycles. The number of aromatic amines is 1. The van der Waals surface area contributed by atoms with Crippen molar-refractivity contribution in [2.75, 3.05) is 0 Å². The molecule has 0 saturated heterocycles.